The van der Waals surface area contributed by atoms with Crippen molar-refractivity contribution in [1.82, 2.24) is 24.1 Å². The Morgan fingerprint density at radius 3 is 2.51 bits per heavy atom. The molecule has 6 rings (SSSR count). The lowest BCUT2D eigenvalue weighted by molar-refractivity contribution is 0.0805. The van der Waals surface area contributed by atoms with Crippen molar-refractivity contribution in [2.75, 3.05) is 70.2 Å². The monoisotopic (exact) mass is 635 g/mol. The highest BCUT2D eigenvalue weighted by molar-refractivity contribution is 7.89. The largest absolute Gasteiger partial charge is 0.495 e. The number of ether oxygens (including phenoxy) is 1. The standard InChI is InChI=1S/C33H45N7O4S/c1-24-23-34-33(37-32(24)35-28-10-3-4-11-31(28)45(42,43)40-12-5-6-13-40)36-29-21-25-8-7-9-27(20-26(25)22-30(29)44-2)39-16-14-38(15-17-39)18-19-41/h3-4,10-11,21-23,27,41H,5-9,12-20H2,1-2H3,(H2,34,35,36,37). The molecule has 2 fully saturated rings. The molecule has 11 nitrogen and oxygen atoms in total. The fraction of sp³-hybridized carbons (Fsp3) is 0.515. The zero-order chi connectivity index (χ0) is 31.4. The number of aliphatic hydroxyl groups excluding tert-OH is 1. The average molecular weight is 636 g/mol. The maximum Gasteiger partial charge on any atom is 0.245 e. The number of piperazine rings is 1. The molecule has 3 aromatic rings. The Morgan fingerprint density at radius 2 is 1.76 bits per heavy atom. The molecule has 1 aromatic heterocycles. The van der Waals surface area contributed by atoms with E-state index in [2.05, 4.69) is 37.6 Å². The summed E-state index contributed by atoms with van der Waals surface area (Å²) in [5.41, 5.74) is 4.72. The van der Waals surface area contributed by atoms with Gasteiger partial charge in [0.05, 0.1) is 25.1 Å². The van der Waals surface area contributed by atoms with Crippen LogP contribution in [0.15, 0.2) is 47.5 Å². The maximum absolute atomic E-state index is 13.4. The van der Waals surface area contributed by atoms with Crippen molar-refractivity contribution in [3.63, 3.8) is 0 Å². The predicted molar refractivity (Wildman–Crippen MR) is 176 cm³/mol. The van der Waals surface area contributed by atoms with Crippen molar-refractivity contribution < 1.29 is 18.3 Å². The van der Waals surface area contributed by atoms with E-state index in [1.54, 1.807) is 35.8 Å². The molecule has 0 saturated carbocycles. The smallest absolute Gasteiger partial charge is 0.245 e. The Bertz CT molecular complexity index is 1590. The van der Waals surface area contributed by atoms with E-state index in [4.69, 9.17) is 9.72 Å². The minimum absolute atomic E-state index is 0.218. The van der Waals surface area contributed by atoms with E-state index in [9.17, 15) is 13.5 Å². The first-order valence-electron chi connectivity index (χ1n) is 16.1. The van der Waals surface area contributed by atoms with Gasteiger partial charge in [-0.05, 0) is 80.8 Å². The number of nitrogens with zero attached hydrogens (tertiary/aromatic N) is 5. The summed E-state index contributed by atoms with van der Waals surface area (Å²) in [4.78, 5) is 14.5. The molecule has 0 spiro atoms. The lowest BCUT2D eigenvalue weighted by Gasteiger charge is -2.39. The van der Waals surface area contributed by atoms with Gasteiger partial charge >= 0.3 is 0 Å². The van der Waals surface area contributed by atoms with Crippen LogP contribution in [0.4, 0.5) is 23.1 Å². The first kappa shape index (κ1) is 31.7. The molecular weight excluding hydrogens is 590 g/mol. The number of nitrogens with one attached hydrogen (secondary N) is 2. The number of rotatable bonds is 10. The van der Waals surface area contributed by atoms with E-state index in [1.807, 2.05) is 13.0 Å². The third-order valence-corrected chi connectivity index (χ3v) is 11.3. The number of para-hydroxylation sites is 1. The molecule has 3 aliphatic rings. The van der Waals surface area contributed by atoms with Gasteiger partial charge < -0.3 is 20.5 Å². The lowest BCUT2D eigenvalue weighted by Crippen LogP contribution is -2.51. The van der Waals surface area contributed by atoms with Crippen LogP contribution in [0.5, 0.6) is 5.75 Å². The molecule has 0 radical (unpaired) electrons. The highest BCUT2D eigenvalue weighted by Gasteiger charge is 2.30. The molecular formula is C33H45N7O4S. The summed E-state index contributed by atoms with van der Waals surface area (Å²) in [6.07, 6.45) is 7.76. The van der Waals surface area contributed by atoms with Crippen molar-refractivity contribution in [3.05, 3.63) is 59.3 Å². The molecule has 1 aliphatic carbocycles. The van der Waals surface area contributed by atoms with Crippen molar-refractivity contribution in [1.29, 1.82) is 0 Å². The van der Waals surface area contributed by atoms with Crippen LogP contribution in [0.3, 0.4) is 0 Å². The van der Waals surface area contributed by atoms with E-state index < -0.39 is 10.0 Å². The number of anilines is 4. The highest BCUT2D eigenvalue weighted by atomic mass is 32.2. The zero-order valence-corrected chi connectivity index (χ0v) is 27.2. The Labute approximate surface area is 266 Å². The van der Waals surface area contributed by atoms with Crippen LogP contribution < -0.4 is 15.4 Å². The number of benzene rings is 2. The topological polar surface area (TPSA) is 123 Å². The van der Waals surface area contributed by atoms with E-state index in [1.165, 1.54) is 11.1 Å². The summed E-state index contributed by atoms with van der Waals surface area (Å²) < 4.78 is 34.2. The number of methoxy groups -OCH3 is 1. The van der Waals surface area contributed by atoms with Gasteiger partial charge in [-0.2, -0.15) is 9.29 Å². The van der Waals surface area contributed by atoms with Gasteiger partial charge in [0.15, 0.2) is 0 Å². The van der Waals surface area contributed by atoms with Gasteiger partial charge in [-0.3, -0.25) is 9.80 Å². The molecule has 2 aromatic carbocycles. The number of hydrogen-bond acceptors (Lipinski definition) is 10. The minimum Gasteiger partial charge on any atom is -0.495 e. The van der Waals surface area contributed by atoms with Gasteiger partial charge in [-0.15, -0.1) is 0 Å². The van der Waals surface area contributed by atoms with E-state index in [-0.39, 0.29) is 11.5 Å². The van der Waals surface area contributed by atoms with Crippen LogP contribution in [0, 0.1) is 6.92 Å². The van der Waals surface area contributed by atoms with Crippen molar-refractivity contribution in [2.24, 2.45) is 0 Å². The fourth-order valence-electron chi connectivity index (χ4n) is 6.78. The van der Waals surface area contributed by atoms with E-state index in [0.717, 1.165) is 88.2 Å². The second-order valence-electron chi connectivity index (χ2n) is 12.3. The van der Waals surface area contributed by atoms with Crippen LogP contribution in [0.2, 0.25) is 0 Å². The summed E-state index contributed by atoms with van der Waals surface area (Å²) in [7, 11) is -1.93. The number of aryl methyl sites for hydroxylation is 2. The van der Waals surface area contributed by atoms with Gasteiger partial charge in [0.1, 0.15) is 16.5 Å². The average Bonchev–Trinajstić information content (AvgIpc) is 3.52. The molecule has 2 saturated heterocycles. The van der Waals surface area contributed by atoms with Gasteiger partial charge in [-0.1, -0.05) is 12.1 Å². The SMILES string of the molecule is COc1cc2c(cc1Nc1ncc(C)c(Nc3ccccc3S(=O)(=O)N3CCCC3)n1)CCCC(N1CCN(CCO)CC1)C2. The van der Waals surface area contributed by atoms with Crippen LogP contribution in [0.25, 0.3) is 0 Å². The summed E-state index contributed by atoms with van der Waals surface area (Å²) in [6.45, 7) is 8.04. The molecule has 1 unspecified atom stereocenters. The number of fused-ring (bicyclic) bond motifs is 1. The van der Waals surface area contributed by atoms with Crippen LogP contribution in [-0.4, -0.2) is 103 Å². The molecule has 45 heavy (non-hydrogen) atoms. The maximum atomic E-state index is 13.4. The molecule has 242 valence electrons. The summed E-state index contributed by atoms with van der Waals surface area (Å²) >= 11 is 0. The first-order valence-corrected chi connectivity index (χ1v) is 17.5. The van der Waals surface area contributed by atoms with Gasteiger partial charge in [-0.25, -0.2) is 13.4 Å². The van der Waals surface area contributed by atoms with Crippen molar-refractivity contribution in [3.8, 4) is 5.75 Å². The van der Waals surface area contributed by atoms with Gasteiger partial charge in [0.25, 0.3) is 0 Å². The molecule has 12 heteroatoms. The highest BCUT2D eigenvalue weighted by Crippen LogP contribution is 2.35. The third kappa shape index (κ3) is 7.10. The second kappa shape index (κ2) is 14.0. The summed E-state index contributed by atoms with van der Waals surface area (Å²) in [6, 6.07) is 11.8. The van der Waals surface area contributed by atoms with E-state index >= 15 is 0 Å². The van der Waals surface area contributed by atoms with Gasteiger partial charge in [0, 0.05) is 63.6 Å². The van der Waals surface area contributed by atoms with Crippen molar-refractivity contribution >= 4 is 33.2 Å². The molecule has 3 heterocycles. The summed E-state index contributed by atoms with van der Waals surface area (Å²) in [5.74, 6) is 1.67. The van der Waals surface area contributed by atoms with E-state index in [0.29, 0.717) is 36.6 Å². The lowest BCUT2D eigenvalue weighted by atomic mass is 9.99. The normalized spacial score (nSPS) is 20.0. The van der Waals surface area contributed by atoms with Crippen LogP contribution in [-0.2, 0) is 22.9 Å². The number of aromatic nitrogens is 2. The Kier molecular flexibility index (Phi) is 9.86. The molecule has 2 aliphatic heterocycles. The van der Waals surface area contributed by atoms with Crippen LogP contribution in [0.1, 0.15) is 42.4 Å². The zero-order valence-electron chi connectivity index (χ0n) is 26.3. The third-order valence-electron chi connectivity index (χ3n) is 9.34. The molecule has 3 N–H and O–H groups in total. The predicted octanol–water partition coefficient (Wildman–Crippen LogP) is 3.92. The summed E-state index contributed by atoms with van der Waals surface area (Å²) in [5, 5.41) is 16.0. The number of β-amino-alcohol motifs (C(OH)–C–C–N with tert-alkyl or cyclic N) is 1. The second-order valence-corrected chi connectivity index (χ2v) is 14.2. The minimum atomic E-state index is -3.62. The Hall–Kier alpha value is -3.29. The number of sulfonamides is 1. The Balaban J connectivity index is 1.20. The molecule has 1 atom stereocenters. The molecule has 0 bridgehead atoms. The van der Waals surface area contributed by atoms with Gasteiger partial charge in [0.2, 0.25) is 16.0 Å². The quantitative estimate of drug-likeness (QED) is 0.283. The molecule has 0 amide bonds. The number of aliphatic hydroxyl groups is 1. The van der Waals surface area contributed by atoms with Crippen molar-refractivity contribution in [2.45, 2.75) is 56.4 Å². The first-order chi connectivity index (χ1) is 21.9. The Morgan fingerprint density at radius 1 is 0.978 bits per heavy atom. The number of hydrogen-bond donors (Lipinski definition) is 3. The van der Waals surface area contributed by atoms with Crippen LogP contribution >= 0.6 is 0 Å². The fourth-order valence-corrected chi connectivity index (χ4v) is 8.45.